The lowest BCUT2D eigenvalue weighted by molar-refractivity contribution is -0.115. The van der Waals surface area contributed by atoms with Crippen molar-refractivity contribution in [1.82, 2.24) is 5.32 Å². The summed E-state index contributed by atoms with van der Waals surface area (Å²) in [7, 11) is 3.00. The lowest BCUT2D eigenvalue weighted by Crippen LogP contribution is -2.28. The summed E-state index contributed by atoms with van der Waals surface area (Å²) in [6.45, 7) is 0.435. The summed E-state index contributed by atoms with van der Waals surface area (Å²) < 4.78 is 10.2. The van der Waals surface area contributed by atoms with Crippen LogP contribution in [0.5, 0.6) is 11.5 Å². The molecule has 0 saturated heterocycles. The molecule has 2 N–H and O–H groups in total. The molecule has 0 radical (unpaired) electrons. The molecule has 19 heavy (non-hydrogen) atoms. The Morgan fingerprint density at radius 3 is 2.63 bits per heavy atom. The quantitative estimate of drug-likeness (QED) is 0.613. The molecule has 0 aromatic heterocycles. The van der Waals surface area contributed by atoms with E-state index in [0.29, 0.717) is 28.8 Å². The first-order chi connectivity index (χ1) is 9.12. The molecule has 1 aromatic carbocycles. The summed E-state index contributed by atoms with van der Waals surface area (Å²) in [5.41, 5.74) is 0.473. The first-order valence-electron chi connectivity index (χ1n) is 5.48. The van der Waals surface area contributed by atoms with E-state index in [1.807, 2.05) is 0 Å². The van der Waals surface area contributed by atoms with Gasteiger partial charge in [-0.1, -0.05) is 17.5 Å². The SMILES string of the molecule is C#CCNCC(=O)Nc1cc(Cl)c(OC)cc1OC. The number of carbonyl (C=O) groups is 1. The predicted octanol–water partition coefficient (Wildman–Crippen LogP) is 1.52. The summed E-state index contributed by atoms with van der Waals surface area (Å²) in [5, 5.41) is 5.84. The molecule has 0 fully saturated rings. The van der Waals surface area contributed by atoms with Crippen molar-refractivity contribution in [3.63, 3.8) is 0 Å². The van der Waals surface area contributed by atoms with Crippen molar-refractivity contribution in [2.75, 3.05) is 32.6 Å². The average molecular weight is 283 g/mol. The Morgan fingerprint density at radius 2 is 2.05 bits per heavy atom. The number of benzene rings is 1. The maximum atomic E-state index is 11.6. The summed E-state index contributed by atoms with van der Waals surface area (Å²) in [6.07, 6.45) is 5.07. The summed E-state index contributed by atoms with van der Waals surface area (Å²) >= 11 is 5.99. The molecular formula is C13H15ClN2O3. The van der Waals surface area contributed by atoms with Gasteiger partial charge in [0, 0.05) is 6.07 Å². The second-order valence-corrected chi connectivity index (χ2v) is 3.95. The minimum atomic E-state index is -0.241. The van der Waals surface area contributed by atoms with Crippen molar-refractivity contribution in [2.45, 2.75) is 0 Å². The van der Waals surface area contributed by atoms with Crippen molar-refractivity contribution < 1.29 is 14.3 Å². The van der Waals surface area contributed by atoms with Crippen LogP contribution in [-0.4, -0.2) is 33.2 Å². The molecule has 0 aliphatic rings. The fourth-order valence-corrected chi connectivity index (χ4v) is 1.64. The molecule has 0 unspecified atom stereocenters. The largest absolute Gasteiger partial charge is 0.495 e. The zero-order valence-corrected chi connectivity index (χ0v) is 11.5. The van der Waals surface area contributed by atoms with Gasteiger partial charge in [-0.2, -0.15) is 0 Å². The third-order valence-corrected chi connectivity index (χ3v) is 2.56. The number of carbonyl (C=O) groups excluding carboxylic acids is 1. The van der Waals surface area contributed by atoms with E-state index in [-0.39, 0.29) is 12.5 Å². The molecule has 0 aliphatic heterocycles. The van der Waals surface area contributed by atoms with E-state index < -0.39 is 0 Å². The van der Waals surface area contributed by atoms with Gasteiger partial charge >= 0.3 is 0 Å². The fourth-order valence-electron chi connectivity index (χ4n) is 1.40. The van der Waals surface area contributed by atoms with Crippen LogP contribution in [0.15, 0.2) is 12.1 Å². The number of methoxy groups -OCH3 is 2. The standard InChI is InChI=1S/C13H15ClN2O3/c1-4-5-15-8-13(17)16-10-6-9(14)11(18-2)7-12(10)19-3/h1,6-7,15H,5,8H2,2-3H3,(H,16,17). The summed E-state index contributed by atoms with van der Waals surface area (Å²) in [4.78, 5) is 11.6. The van der Waals surface area contributed by atoms with Crippen LogP contribution in [0.25, 0.3) is 0 Å². The Morgan fingerprint density at radius 1 is 1.37 bits per heavy atom. The number of nitrogens with one attached hydrogen (secondary N) is 2. The smallest absolute Gasteiger partial charge is 0.238 e. The van der Waals surface area contributed by atoms with Crippen molar-refractivity contribution in [1.29, 1.82) is 0 Å². The Balaban J connectivity index is 2.80. The van der Waals surface area contributed by atoms with Gasteiger partial charge < -0.3 is 14.8 Å². The maximum Gasteiger partial charge on any atom is 0.238 e. The van der Waals surface area contributed by atoms with E-state index in [0.717, 1.165) is 0 Å². The fraction of sp³-hybridized carbons (Fsp3) is 0.308. The highest BCUT2D eigenvalue weighted by atomic mass is 35.5. The highest BCUT2D eigenvalue weighted by Gasteiger charge is 2.12. The van der Waals surface area contributed by atoms with Crippen molar-refractivity contribution in [3.8, 4) is 23.8 Å². The lowest BCUT2D eigenvalue weighted by Gasteiger charge is -2.13. The van der Waals surface area contributed by atoms with E-state index in [1.54, 1.807) is 12.1 Å². The predicted molar refractivity (Wildman–Crippen MR) is 74.9 cm³/mol. The molecule has 1 amide bonds. The first-order valence-corrected chi connectivity index (χ1v) is 5.85. The van der Waals surface area contributed by atoms with E-state index in [2.05, 4.69) is 16.6 Å². The van der Waals surface area contributed by atoms with Crippen LogP contribution in [0.4, 0.5) is 5.69 Å². The molecule has 1 rings (SSSR count). The van der Waals surface area contributed by atoms with Gasteiger partial charge in [0.25, 0.3) is 0 Å². The van der Waals surface area contributed by atoms with Crippen LogP contribution in [0, 0.1) is 12.3 Å². The van der Waals surface area contributed by atoms with E-state index >= 15 is 0 Å². The zero-order valence-electron chi connectivity index (χ0n) is 10.7. The monoisotopic (exact) mass is 282 g/mol. The molecule has 0 saturated carbocycles. The third kappa shape index (κ3) is 4.36. The minimum absolute atomic E-state index is 0.108. The Bertz CT molecular complexity index is 497. The number of rotatable bonds is 6. The lowest BCUT2D eigenvalue weighted by atomic mass is 10.2. The molecular weight excluding hydrogens is 268 g/mol. The summed E-state index contributed by atoms with van der Waals surface area (Å²) in [6, 6.07) is 3.17. The third-order valence-electron chi connectivity index (χ3n) is 2.26. The Hall–Kier alpha value is -1.90. The van der Waals surface area contributed by atoms with Gasteiger partial charge in [-0.15, -0.1) is 6.42 Å². The normalized spacial score (nSPS) is 9.58. The molecule has 0 spiro atoms. The van der Waals surface area contributed by atoms with Crippen molar-refractivity contribution >= 4 is 23.2 Å². The molecule has 102 valence electrons. The van der Waals surface area contributed by atoms with Crippen LogP contribution >= 0.6 is 11.6 Å². The first kappa shape index (κ1) is 15.2. The number of terminal acetylenes is 1. The topological polar surface area (TPSA) is 59.6 Å². The van der Waals surface area contributed by atoms with Crippen LogP contribution in [0.1, 0.15) is 0 Å². The molecule has 6 heteroatoms. The van der Waals surface area contributed by atoms with Crippen LogP contribution in [0.2, 0.25) is 5.02 Å². The second-order valence-electron chi connectivity index (χ2n) is 3.54. The maximum absolute atomic E-state index is 11.6. The van der Waals surface area contributed by atoms with E-state index in [9.17, 15) is 4.79 Å². The molecule has 0 atom stereocenters. The number of ether oxygens (including phenoxy) is 2. The van der Waals surface area contributed by atoms with Gasteiger partial charge in [-0.3, -0.25) is 10.1 Å². The number of hydrogen-bond donors (Lipinski definition) is 2. The Labute approximate surface area is 117 Å². The highest BCUT2D eigenvalue weighted by molar-refractivity contribution is 6.32. The van der Waals surface area contributed by atoms with E-state index in [1.165, 1.54) is 14.2 Å². The zero-order chi connectivity index (χ0) is 14.3. The van der Waals surface area contributed by atoms with Gasteiger partial charge in [0.2, 0.25) is 5.91 Å². The second kappa shape index (κ2) is 7.52. The number of hydrogen-bond acceptors (Lipinski definition) is 4. The van der Waals surface area contributed by atoms with Gasteiger partial charge in [0.1, 0.15) is 11.5 Å². The average Bonchev–Trinajstić information content (AvgIpc) is 2.39. The Kier molecular flexibility index (Phi) is 6.00. The van der Waals surface area contributed by atoms with Crippen LogP contribution in [-0.2, 0) is 4.79 Å². The van der Waals surface area contributed by atoms with Crippen LogP contribution < -0.4 is 20.1 Å². The highest BCUT2D eigenvalue weighted by Crippen LogP contribution is 2.35. The minimum Gasteiger partial charge on any atom is -0.495 e. The van der Waals surface area contributed by atoms with Crippen molar-refractivity contribution in [2.24, 2.45) is 0 Å². The van der Waals surface area contributed by atoms with Crippen molar-refractivity contribution in [3.05, 3.63) is 17.2 Å². The number of anilines is 1. The van der Waals surface area contributed by atoms with Gasteiger partial charge in [-0.25, -0.2) is 0 Å². The van der Waals surface area contributed by atoms with Crippen LogP contribution in [0.3, 0.4) is 0 Å². The summed E-state index contributed by atoms with van der Waals surface area (Å²) in [5.74, 6) is 3.08. The molecule has 0 aliphatic carbocycles. The number of amides is 1. The molecule has 0 bridgehead atoms. The molecule has 5 nitrogen and oxygen atoms in total. The molecule has 0 heterocycles. The molecule has 1 aromatic rings. The number of halogens is 1. The van der Waals surface area contributed by atoms with Gasteiger partial charge in [0.15, 0.2) is 0 Å². The van der Waals surface area contributed by atoms with Gasteiger partial charge in [0.05, 0.1) is 38.0 Å². The van der Waals surface area contributed by atoms with E-state index in [4.69, 9.17) is 27.5 Å². The van der Waals surface area contributed by atoms with Gasteiger partial charge in [-0.05, 0) is 6.07 Å².